The molecule has 0 radical (unpaired) electrons. The molecule has 0 unspecified atom stereocenters. The van der Waals surface area contributed by atoms with Crippen LogP contribution in [0.4, 0.5) is 0 Å². The van der Waals surface area contributed by atoms with Crippen LogP contribution < -0.4 is 0 Å². The van der Waals surface area contributed by atoms with Crippen molar-refractivity contribution in [2.24, 2.45) is 5.92 Å². The van der Waals surface area contributed by atoms with Crippen LogP contribution in [0.25, 0.3) is 11.1 Å². The van der Waals surface area contributed by atoms with Crippen LogP contribution in [-0.2, 0) is 16.0 Å². The van der Waals surface area contributed by atoms with Crippen LogP contribution in [0, 0.1) is 5.92 Å². The van der Waals surface area contributed by atoms with E-state index in [1.54, 1.807) is 6.08 Å². The SMILES string of the molecule is C=CCN1CCN(C(=O)CC)C[C@@H](Cc2cccc(-c3ccccc3)c2)C1=O. The molecule has 1 heterocycles. The average molecular weight is 377 g/mol. The molecule has 2 aromatic rings. The van der Waals surface area contributed by atoms with Gasteiger partial charge in [0, 0.05) is 32.6 Å². The van der Waals surface area contributed by atoms with Gasteiger partial charge in [-0.25, -0.2) is 0 Å². The van der Waals surface area contributed by atoms with Gasteiger partial charge in [0.05, 0.1) is 5.92 Å². The van der Waals surface area contributed by atoms with Crippen LogP contribution in [0.3, 0.4) is 0 Å². The second-order valence-corrected chi connectivity index (χ2v) is 7.23. The van der Waals surface area contributed by atoms with Gasteiger partial charge in [0.1, 0.15) is 0 Å². The standard InChI is InChI=1S/C24H28N2O2/c1-3-13-25-14-15-26(23(27)4-2)18-22(24(25)28)17-19-9-8-12-21(16-19)20-10-6-5-7-11-20/h3,5-12,16,22H,1,4,13-15,17-18H2,2H3/t22-/m1/s1. The van der Waals surface area contributed by atoms with Gasteiger partial charge >= 0.3 is 0 Å². The third-order valence-electron chi connectivity index (χ3n) is 5.26. The Morgan fingerprint density at radius 2 is 1.86 bits per heavy atom. The van der Waals surface area contributed by atoms with Gasteiger partial charge in [0.15, 0.2) is 0 Å². The van der Waals surface area contributed by atoms with E-state index >= 15 is 0 Å². The summed E-state index contributed by atoms with van der Waals surface area (Å²) < 4.78 is 0. The third-order valence-corrected chi connectivity index (χ3v) is 5.26. The molecule has 1 atom stereocenters. The zero-order valence-electron chi connectivity index (χ0n) is 16.5. The van der Waals surface area contributed by atoms with E-state index in [9.17, 15) is 9.59 Å². The molecule has 0 saturated carbocycles. The molecular weight excluding hydrogens is 348 g/mol. The van der Waals surface area contributed by atoms with Gasteiger partial charge in [-0.1, -0.05) is 67.6 Å². The Morgan fingerprint density at radius 1 is 1.11 bits per heavy atom. The predicted octanol–water partition coefficient (Wildman–Crippen LogP) is 3.78. The van der Waals surface area contributed by atoms with E-state index in [4.69, 9.17) is 0 Å². The van der Waals surface area contributed by atoms with Crippen LogP contribution in [-0.4, -0.2) is 47.8 Å². The van der Waals surface area contributed by atoms with Crippen molar-refractivity contribution < 1.29 is 9.59 Å². The molecule has 2 aromatic carbocycles. The zero-order valence-corrected chi connectivity index (χ0v) is 16.5. The van der Waals surface area contributed by atoms with E-state index in [1.165, 1.54) is 0 Å². The highest BCUT2D eigenvalue weighted by molar-refractivity contribution is 5.82. The number of carbonyl (C=O) groups excluding carboxylic acids is 2. The number of rotatable bonds is 6. The lowest BCUT2D eigenvalue weighted by molar-refractivity contribution is -0.134. The summed E-state index contributed by atoms with van der Waals surface area (Å²) in [5, 5.41) is 0. The first kappa shape index (κ1) is 19.9. The van der Waals surface area contributed by atoms with Gasteiger partial charge in [-0.15, -0.1) is 6.58 Å². The molecule has 0 bridgehead atoms. The largest absolute Gasteiger partial charge is 0.340 e. The number of hydrogen-bond donors (Lipinski definition) is 0. The highest BCUT2D eigenvalue weighted by Crippen LogP contribution is 2.23. The topological polar surface area (TPSA) is 40.6 Å². The molecule has 4 nitrogen and oxygen atoms in total. The van der Waals surface area contributed by atoms with Gasteiger partial charge in [0.2, 0.25) is 11.8 Å². The molecular formula is C24H28N2O2. The molecule has 146 valence electrons. The molecule has 0 N–H and O–H groups in total. The summed E-state index contributed by atoms with van der Waals surface area (Å²) in [4.78, 5) is 29.1. The molecule has 0 aromatic heterocycles. The fraction of sp³-hybridized carbons (Fsp3) is 0.333. The maximum Gasteiger partial charge on any atom is 0.228 e. The second-order valence-electron chi connectivity index (χ2n) is 7.23. The van der Waals surface area contributed by atoms with Gasteiger partial charge in [0.25, 0.3) is 0 Å². The highest BCUT2D eigenvalue weighted by Gasteiger charge is 2.31. The summed E-state index contributed by atoms with van der Waals surface area (Å²) in [7, 11) is 0. The number of amides is 2. The van der Waals surface area contributed by atoms with Crippen LogP contribution in [0.2, 0.25) is 0 Å². The maximum absolute atomic E-state index is 13.1. The molecule has 0 spiro atoms. The number of nitrogens with zero attached hydrogens (tertiary/aromatic N) is 2. The summed E-state index contributed by atoms with van der Waals surface area (Å²) in [6.07, 6.45) is 2.84. The molecule has 3 rings (SSSR count). The molecule has 1 saturated heterocycles. The lowest BCUT2D eigenvalue weighted by Crippen LogP contribution is -2.37. The predicted molar refractivity (Wildman–Crippen MR) is 113 cm³/mol. The first-order valence-corrected chi connectivity index (χ1v) is 9.94. The average Bonchev–Trinajstić information content (AvgIpc) is 2.88. The zero-order chi connectivity index (χ0) is 19.9. The monoisotopic (exact) mass is 376 g/mol. The van der Waals surface area contributed by atoms with Crippen molar-refractivity contribution in [3.05, 3.63) is 72.8 Å². The quantitative estimate of drug-likeness (QED) is 0.720. The van der Waals surface area contributed by atoms with Crippen molar-refractivity contribution >= 4 is 11.8 Å². The Bertz CT molecular complexity index is 832. The van der Waals surface area contributed by atoms with E-state index in [-0.39, 0.29) is 17.7 Å². The lowest BCUT2D eigenvalue weighted by atomic mass is 9.94. The summed E-state index contributed by atoms with van der Waals surface area (Å²) in [6.45, 7) is 7.80. The minimum Gasteiger partial charge on any atom is -0.340 e. The van der Waals surface area contributed by atoms with Crippen molar-refractivity contribution in [2.75, 3.05) is 26.2 Å². The summed E-state index contributed by atoms with van der Waals surface area (Å²) in [6, 6.07) is 18.6. The summed E-state index contributed by atoms with van der Waals surface area (Å²) in [5.41, 5.74) is 3.42. The van der Waals surface area contributed by atoms with Crippen LogP contribution >= 0.6 is 0 Å². The van der Waals surface area contributed by atoms with E-state index in [1.807, 2.05) is 41.0 Å². The molecule has 28 heavy (non-hydrogen) atoms. The molecule has 2 amide bonds. The lowest BCUT2D eigenvalue weighted by Gasteiger charge is -2.23. The van der Waals surface area contributed by atoms with Gasteiger partial charge in [-0.3, -0.25) is 9.59 Å². The van der Waals surface area contributed by atoms with Crippen molar-refractivity contribution in [1.82, 2.24) is 9.80 Å². The summed E-state index contributed by atoms with van der Waals surface area (Å²) >= 11 is 0. The number of carbonyl (C=O) groups is 2. The Hall–Kier alpha value is -2.88. The maximum atomic E-state index is 13.1. The smallest absolute Gasteiger partial charge is 0.228 e. The van der Waals surface area contributed by atoms with Crippen molar-refractivity contribution in [2.45, 2.75) is 19.8 Å². The van der Waals surface area contributed by atoms with Gasteiger partial charge in [-0.2, -0.15) is 0 Å². The van der Waals surface area contributed by atoms with E-state index in [0.717, 1.165) is 16.7 Å². The van der Waals surface area contributed by atoms with E-state index in [2.05, 4.69) is 36.9 Å². The van der Waals surface area contributed by atoms with Crippen molar-refractivity contribution in [1.29, 1.82) is 0 Å². The highest BCUT2D eigenvalue weighted by atomic mass is 16.2. The van der Waals surface area contributed by atoms with Crippen molar-refractivity contribution in [3.63, 3.8) is 0 Å². The number of hydrogen-bond acceptors (Lipinski definition) is 2. The van der Waals surface area contributed by atoms with Crippen molar-refractivity contribution in [3.8, 4) is 11.1 Å². The Morgan fingerprint density at radius 3 is 2.57 bits per heavy atom. The number of benzene rings is 2. The molecule has 1 aliphatic rings. The van der Waals surface area contributed by atoms with Crippen LogP contribution in [0.15, 0.2) is 67.3 Å². The molecule has 1 aliphatic heterocycles. The van der Waals surface area contributed by atoms with E-state index in [0.29, 0.717) is 39.0 Å². The van der Waals surface area contributed by atoms with Crippen LogP contribution in [0.1, 0.15) is 18.9 Å². The Labute approximate surface area is 167 Å². The third kappa shape index (κ3) is 4.69. The molecule has 4 heteroatoms. The van der Waals surface area contributed by atoms with Crippen LogP contribution in [0.5, 0.6) is 0 Å². The minimum atomic E-state index is -0.232. The molecule has 1 fully saturated rings. The first-order valence-electron chi connectivity index (χ1n) is 9.94. The first-order chi connectivity index (χ1) is 13.6. The van der Waals surface area contributed by atoms with Gasteiger partial charge in [-0.05, 0) is 23.1 Å². The minimum absolute atomic E-state index is 0.108. The van der Waals surface area contributed by atoms with Gasteiger partial charge < -0.3 is 9.80 Å². The normalized spacial score (nSPS) is 17.3. The fourth-order valence-corrected chi connectivity index (χ4v) is 3.78. The molecule has 0 aliphatic carbocycles. The van der Waals surface area contributed by atoms with E-state index < -0.39 is 0 Å². The Kier molecular flexibility index (Phi) is 6.64. The second kappa shape index (κ2) is 9.36. The fourth-order valence-electron chi connectivity index (χ4n) is 3.78. The Balaban J connectivity index is 1.84. The summed E-state index contributed by atoms with van der Waals surface area (Å²) in [5.74, 6) is -0.0170.